The molecule has 2 fully saturated rings. The number of hydrogen-bond donors (Lipinski definition) is 6. The summed E-state index contributed by atoms with van der Waals surface area (Å²) in [4.78, 5) is 70.5. The topological polar surface area (TPSA) is 207 Å². The van der Waals surface area contributed by atoms with Crippen molar-refractivity contribution in [1.82, 2.24) is 40.4 Å². The van der Waals surface area contributed by atoms with Crippen LogP contribution in [0.15, 0.2) is 42.7 Å². The van der Waals surface area contributed by atoms with Crippen LogP contribution >= 0.6 is 0 Å². The normalized spacial score (nSPS) is 19.7. The molecule has 5 heterocycles. The Bertz CT molecular complexity index is 2200. The minimum absolute atomic E-state index is 0.142. The molecule has 5 atom stereocenters. The van der Waals surface area contributed by atoms with E-state index < -0.39 is 36.1 Å². The molecule has 0 radical (unpaired) electrons. The van der Waals surface area contributed by atoms with E-state index in [4.69, 9.17) is 14.5 Å². The predicted molar refractivity (Wildman–Crippen MR) is 215 cm³/mol. The number of hydrogen-bond acceptors (Lipinski definition) is 10. The zero-order chi connectivity index (χ0) is 42.1. The van der Waals surface area contributed by atoms with Crippen LogP contribution in [0.25, 0.3) is 22.5 Å². The first-order chi connectivity index (χ1) is 28.3. The highest BCUT2D eigenvalue weighted by Gasteiger charge is 2.39. The third-order valence-corrected chi connectivity index (χ3v) is 11.6. The highest BCUT2D eigenvalue weighted by atomic mass is 19.1. The first-order valence-electron chi connectivity index (χ1n) is 20.1. The molecule has 59 heavy (non-hydrogen) atoms. The van der Waals surface area contributed by atoms with Gasteiger partial charge in [0.25, 0.3) is 0 Å². The van der Waals surface area contributed by atoms with Gasteiger partial charge < -0.3 is 50.3 Å². The summed E-state index contributed by atoms with van der Waals surface area (Å²) in [6.45, 7) is 8.49. The number of carbonyl (C=O) groups is 4. The summed E-state index contributed by atoms with van der Waals surface area (Å²) in [7, 11) is 2.52. The molecule has 16 nitrogen and oxygen atoms in total. The molecule has 3 aliphatic heterocycles. The van der Waals surface area contributed by atoms with E-state index >= 15 is 4.39 Å². The summed E-state index contributed by atoms with van der Waals surface area (Å²) in [5.74, 6) is -0.353. The Labute approximate surface area is 341 Å². The number of phenolic OH excluding ortho intramolecular Hbond substituents is 1. The Kier molecular flexibility index (Phi) is 11.8. The van der Waals surface area contributed by atoms with Crippen LogP contribution in [-0.4, -0.2) is 98.2 Å². The highest BCUT2D eigenvalue weighted by Crippen LogP contribution is 2.42. The fraction of sp³-hybridized carbons (Fsp3) is 0.476. The Hall–Kier alpha value is -6.13. The van der Waals surface area contributed by atoms with Gasteiger partial charge in [-0.15, -0.1) is 0 Å². The second-order valence-electron chi connectivity index (χ2n) is 16.1. The van der Waals surface area contributed by atoms with Crippen LogP contribution in [0.3, 0.4) is 0 Å². The third kappa shape index (κ3) is 8.27. The van der Waals surface area contributed by atoms with Crippen molar-refractivity contribution in [2.75, 3.05) is 32.6 Å². The standard InChI is InChI=1S/C42H52FN9O7/c1-21(2)35(49-41(56)58-5)39(54)51-13-7-9-31(51)37-44-19-29(47-37)23-11-12-27-24(15-23)17-28(46-27)34-26(43)16-25(18-33(34)53)30-20-45-38(48-30)32-10-8-14-52(32)40(55)36(22(3)4)50-42(57)59-6/h11-12,15-16,18-22,28,31-32,35-36,46,53H,7-10,13-14,17H2,1-6H3,(H,44,47)(H,45,48)(H,49,56)(H,50,57)/t28?,31-,32-,35-,36-/m0/s1. The number of aromatic nitrogens is 4. The molecule has 0 saturated carbocycles. The molecule has 1 unspecified atom stereocenters. The summed E-state index contributed by atoms with van der Waals surface area (Å²) in [6, 6.07) is 6.04. The van der Waals surface area contributed by atoms with Crippen molar-refractivity contribution in [3.05, 3.63) is 71.3 Å². The molecule has 314 valence electrons. The molecule has 3 aliphatic rings. The number of halogens is 1. The van der Waals surface area contributed by atoms with E-state index in [1.165, 1.54) is 26.4 Å². The average Bonchev–Trinajstić information content (AvgIpc) is 4.06. The average molecular weight is 814 g/mol. The van der Waals surface area contributed by atoms with E-state index in [-0.39, 0.29) is 47.0 Å². The van der Waals surface area contributed by atoms with E-state index in [1.54, 1.807) is 22.2 Å². The van der Waals surface area contributed by atoms with Crippen LogP contribution in [-0.2, 0) is 25.5 Å². The molecule has 2 saturated heterocycles. The minimum atomic E-state index is -0.772. The van der Waals surface area contributed by atoms with Crippen LogP contribution < -0.4 is 16.0 Å². The molecule has 0 spiro atoms. The lowest BCUT2D eigenvalue weighted by Crippen LogP contribution is -2.51. The number of amides is 4. The number of fused-ring (bicyclic) bond motifs is 1. The van der Waals surface area contributed by atoms with Gasteiger partial charge in [0.05, 0.1) is 55.5 Å². The number of carbonyl (C=O) groups excluding carboxylic acids is 4. The molecule has 4 aromatic rings. The minimum Gasteiger partial charge on any atom is -0.507 e. The van der Waals surface area contributed by atoms with Crippen molar-refractivity contribution in [2.24, 2.45) is 11.8 Å². The van der Waals surface area contributed by atoms with Gasteiger partial charge in [-0.2, -0.15) is 0 Å². The number of H-pyrrole nitrogens is 2. The second-order valence-corrected chi connectivity index (χ2v) is 16.1. The number of imidazole rings is 2. The van der Waals surface area contributed by atoms with Crippen molar-refractivity contribution >= 4 is 29.7 Å². The van der Waals surface area contributed by atoms with Crippen molar-refractivity contribution in [2.45, 2.75) is 90.0 Å². The highest BCUT2D eigenvalue weighted by molar-refractivity contribution is 5.87. The summed E-state index contributed by atoms with van der Waals surface area (Å²) in [5, 5.41) is 19.9. The van der Waals surface area contributed by atoms with Gasteiger partial charge in [0.1, 0.15) is 35.3 Å². The second kappa shape index (κ2) is 17.0. The molecule has 17 heteroatoms. The fourth-order valence-electron chi connectivity index (χ4n) is 8.49. The number of methoxy groups -OCH3 is 2. The van der Waals surface area contributed by atoms with Gasteiger partial charge in [0.15, 0.2) is 0 Å². The van der Waals surface area contributed by atoms with E-state index in [0.717, 1.165) is 41.8 Å². The zero-order valence-corrected chi connectivity index (χ0v) is 34.1. The van der Waals surface area contributed by atoms with Crippen molar-refractivity contribution in [3.8, 4) is 28.3 Å². The van der Waals surface area contributed by atoms with Gasteiger partial charge in [0.2, 0.25) is 11.8 Å². The molecule has 6 N–H and O–H groups in total. The quantitative estimate of drug-likeness (QED) is 0.102. The van der Waals surface area contributed by atoms with Crippen LogP contribution in [0.1, 0.15) is 94.3 Å². The smallest absolute Gasteiger partial charge is 0.407 e. The number of rotatable bonds is 11. The molecule has 2 aromatic heterocycles. The lowest BCUT2D eigenvalue weighted by Gasteiger charge is -2.30. The lowest BCUT2D eigenvalue weighted by atomic mass is 9.98. The summed E-state index contributed by atoms with van der Waals surface area (Å²) < 4.78 is 25.5. The van der Waals surface area contributed by atoms with Gasteiger partial charge in [-0.3, -0.25) is 9.59 Å². The Morgan fingerprint density at radius 2 is 1.47 bits per heavy atom. The Balaban J connectivity index is 1.04. The van der Waals surface area contributed by atoms with Crippen molar-refractivity contribution in [3.63, 3.8) is 0 Å². The summed E-state index contributed by atoms with van der Waals surface area (Å²) >= 11 is 0. The summed E-state index contributed by atoms with van der Waals surface area (Å²) in [6.07, 6.45) is 5.39. The van der Waals surface area contributed by atoms with Crippen LogP contribution in [0.2, 0.25) is 0 Å². The maximum Gasteiger partial charge on any atom is 0.407 e. The third-order valence-electron chi connectivity index (χ3n) is 11.6. The number of ether oxygens (including phenoxy) is 2. The Morgan fingerprint density at radius 1 is 0.864 bits per heavy atom. The van der Waals surface area contributed by atoms with Gasteiger partial charge in [0, 0.05) is 30.5 Å². The van der Waals surface area contributed by atoms with E-state index in [9.17, 15) is 24.3 Å². The first kappa shape index (κ1) is 41.0. The Morgan fingerprint density at radius 3 is 2.05 bits per heavy atom. The molecular weight excluding hydrogens is 762 g/mol. The van der Waals surface area contributed by atoms with Gasteiger partial charge in [-0.25, -0.2) is 23.9 Å². The molecule has 7 rings (SSSR count). The number of nitrogens with one attached hydrogen (secondary N) is 5. The summed E-state index contributed by atoms with van der Waals surface area (Å²) in [5.41, 5.74) is 4.32. The van der Waals surface area contributed by atoms with Crippen LogP contribution in [0.5, 0.6) is 5.75 Å². The number of alkyl carbamates (subject to hydrolysis) is 2. The molecule has 0 bridgehead atoms. The van der Waals surface area contributed by atoms with E-state index in [2.05, 4.69) is 30.9 Å². The number of nitrogens with zero attached hydrogens (tertiary/aromatic N) is 4. The van der Waals surface area contributed by atoms with Gasteiger partial charge in [-0.05, 0) is 79.3 Å². The molecular formula is C42H52FN9O7. The maximum absolute atomic E-state index is 16.0. The van der Waals surface area contributed by atoms with Crippen LogP contribution in [0, 0.1) is 17.7 Å². The number of aromatic hydroxyl groups is 1. The number of phenols is 1. The maximum atomic E-state index is 16.0. The molecule has 2 aromatic carbocycles. The predicted octanol–water partition coefficient (Wildman–Crippen LogP) is 6.11. The monoisotopic (exact) mass is 813 g/mol. The number of benzene rings is 2. The SMILES string of the molecule is COC(=O)N[C@H](C(=O)N1CCC[C@H]1c1nc(-c2cc(O)c(C3Cc4cc(-c5cnc([C@@H]6CCCN6C(=O)[C@@H](NC(=O)OC)C(C)C)[nH]5)ccc4N3)c(F)c2)c[nH]1)C(C)C. The van der Waals surface area contributed by atoms with Crippen molar-refractivity contribution < 1.29 is 38.1 Å². The zero-order valence-electron chi connectivity index (χ0n) is 34.1. The number of likely N-dealkylation sites (tertiary alicyclic amines) is 2. The van der Waals surface area contributed by atoms with E-state index in [0.29, 0.717) is 48.8 Å². The first-order valence-corrected chi connectivity index (χ1v) is 20.1. The molecule has 4 amide bonds. The van der Waals surface area contributed by atoms with Gasteiger partial charge >= 0.3 is 12.2 Å². The largest absolute Gasteiger partial charge is 0.507 e. The van der Waals surface area contributed by atoms with E-state index in [1.807, 2.05) is 45.9 Å². The number of anilines is 1. The van der Waals surface area contributed by atoms with Gasteiger partial charge in [-0.1, -0.05) is 33.8 Å². The lowest BCUT2D eigenvalue weighted by molar-refractivity contribution is -0.136. The fourth-order valence-corrected chi connectivity index (χ4v) is 8.49. The van der Waals surface area contributed by atoms with Crippen LogP contribution in [0.4, 0.5) is 19.7 Å². The number of aromatic amines is 2. The van der Waals surface area contributed by atoms with Crippen molar-refractivity contribution in [1.29, 1.82) is 0 Å². The molecule has 0 aliphatic carbocycles.